The molecule has 0 aromatic carbocycles. The summed E-state index contributed by atoms with van der Waals surface area (Å²) in [7, 11) is -0.695. The number of aromatic nitrogens is 4. The predicted molar refractivity (Wildman–Crippen MR) is 173 cm³/mol. The number of nitrogens with zero attached hydrogens (tertiary/aromatic N) is 5. The minimum absolute atomic E-state index is 0.0687. The van der Waals surface area contributed by atoms with Crippen molar-refractivity contribution in [1.82, 2.24) is 19.5 Å². The van der Waals surface area contributed by atoms with Gasteiger partial charge in [-0.05, 0) is 13.8 Å². The van der Waals surface area contributed by atoms with E-state index in [0.717, 1.165) is 23.5 Å². The molecule has 1 aliphatic heterocycles. The molecule has 1 N–H and O–H groups in total. The van der Waals surface area contributed by atoms with E-state index in [4.69, 9.17) is 18.3 Å². The lowest BCUT2D eigenvalue weighted by molar-refractivity contribution is -0.118. The number of halogens is 1. The van der Waals surface area contributed by atoms with Gasteiger partial charge < -0.3 is 14.7 Å². The Morgan fingerprint density at radius 2 is 1.60 bits per heavy atom. The number of hydrogen-bond donors (Lipinski definition) is 1. The maximum atomic E-state index is 16.1. The van der Waals surface area contributed by atoms with Gasteiger partial charge in [-0.25, -0.2) is 23.9 Å². The Bertz CT molecular complexity index is 1370. The fourth-order valence-corrected chi connectivity index (χ4v) is 7.12. The Morgan fingerprint density at radius 1 is 1.07 bits per heavy atom. The first-order chi connectivity index (χ1) is 20.7. The van der Waals surface area contributed by atoms with E-state index in [0.29, 0.717) is 22.8 Å². The molecule has 1 fully saturated rings. The van der Waals surface area contributed by atoms with Crippen molar-refractivity contribution in [1.29, 1.82) is 0 Å². The number of alkyl halides is 1. The first kappa shape index (κ1) is 37.8. The number of aliphatic hydroxyl groups is 1. The monoisotopic (exact) mass is 693 g/mol. The van der Waals surface area contributed by atoms with Crippen LogP contribution in [0.1, 0.15) is 60.5 Å². The summed E-state index contributed by atoms with van der Waals surface area (Å²) in [6, 6.07) is 0. The van der Waals surface area contributed by atoms with Gasteiger partial charge in [-0.3, -0.25) is 27.7 Å². The number of hydrogen-bond acceptors (Lipinski definition) is 14. The van der Waals surface area contributed by atoms with Gasteiger partial charge >= 0.3 is 7.82 Å². The molecule has 2 aromatic heterocycles. The maximum absolute atomic E-state index is 16.1. The Kier molecular flexibility index (Phi) is 12.3. The third kappa shape index (κ3) is 9.47. The normalized spacial score (nSPS) is 22.7. The standard InChI is InChI=1S/C28H45FN5O8PS2/c1-17-31-21(33(9)10)19-22(32-17)34(16-30-19)23-28(8,29)20(35)18(42-23)15-41-43(38,39-11-13-44-24(36)26(2,3)4)40-12-14-45-25(37)27(5,6)7/h16,18,20,23,35H,11-15H2,1-10H3/t18-,20-,23-,28-/m1/s1. The second kappa shape index (κ2) is 14.6. The molecular formula is C28H45FN5O8PS2. The minimum Gasteiger partial charge on any atom is -0.387 e. The third-order valence-corrected chi connectivity index (χ3v) is 10.6. The van der Waals surface area contributed by atoms with E-state index < -0.39 is 49.4 Å². The summed E-state index contributed by atoms with van der Waals surface area (Å²) in [4.78, 5) is 39.5. The van der Waals surface area contributed by atoms with Gasteiger partial charge in [-0.2, -0.15) is 0 Å². The lowest BCUT2D eigenvalue weighted by Crippen LogP contribution is -2.40. The third-order valence-electron chi connectivity index (χ3n) is 6.66. The summed E-state index contributed by atoms with van der Waals surface area (Å²) in [5.41, 5.74) is -2.71. The largest absolute Gasteiger partial charge is 0.474 e. The summed E-state index contributed by atoms with van der Waals surface area (Å²) >= 11 is 2.05. The molecule has 0 aliphatic carbocycles. The predicted octanol–water partition coefficient (Wildman–Crippen LogP) is 4.96. The van der Waals surface area contributed by atoms with Crippen LogP contribution in [-0.4, -0.2) is 98.2 Å². The Labute approximate surface area is 272 Å². The zero-order valence-corrected chi connectivity index (χ0v) is 30.1. The molecule has 0 bridgehead atoms. The number of anilines is 1. The highest BCUT2D eigenvalue weighted by molar-refractivity contribution is 8.14. The summed E-state index contributed by atoms with van der Waals surface area (Å²) in [5.74, 6) is 1.34. The van der Waals surface area contributed by atoms with Crippen LogP contribution in [-0.2, 0) is 32.5 Å². The lowest BCUT2D eigenvalue weighted by Gasteiger charge is -2.25. The van der Waals surface area contributed by atoms with Crippen molar-refractivity contribution in [3.05, 3.63) is 12.2 Å². The van der Waals surface area contributed by atoms with E-state index in [2.05, 4.69) is 15.0 Å². The van der Waals surface area contributed by atoms with Crippen LogP contribution in [0.2, 0.25) is 0 Å². The van der Waals surface area contributed by atoms with Crippen LogP contribution in [0.25, 0.3) is 11.2 Å². The fraction of sp³-hybridized carbons (Fsp3) is 0.750. The molecule has 2 aromatic rings. The van der Waals surface area contributed by atoms with E-state index in [1.165, 1.54) is 17.8 Å². The molecule has 254 valence electrons. The summed E-state index contributed by atoms with van der Waals surface area (Å²) in [6.07, 6.45) is -2.94. The van der Waals surface area contributed by atoms with Crippen molar-refractivity contribution in [3.63, 3.8) is 0 Å². The van der Waals surface area contributed by atoms with Crippen LogP contribution in [0, 0.1) is 17.8 Å². The zero-order valence-electron chi connectivity index (χ0n) is 27.5. The highest BCUT2D eigenvalue weighted by atomic mass is 32.2. The first-order valence-electron chi connectivity index (χ1n) is 14.5. The molecule has 17 heteroatoms. The van der Waals surface area contributed by atoms with Gasteiger partial charge in [0, 0.05) is 36.4 Å². The molecule has 0 radical (unpaired) electrons. The quantitative estimate of drug-likeness (QED) is 0.222. The number of imidazole rings is 1. The van der Waals surface area contributed by atoms with Gasteiger partial charge in [0.25, 0.3) is 0 Å². The second-order valence-corrected chi connectivity index (χ2v) is 16.9. The Hall–Kier alpha value is -1.65. The number of carbonyl (C=O) groups is 2. The fourth-order valence-electron chi connectivity index (χ4n) is 4.12. The van der Waals surface area contributed by atoms with Gasteiger partial charge in [0.05, 0.1) is 26.1 Å². The van der Waals surface area contributed by atoms with Crippen LogP contribution in [0.5, 0.6) is 0 Å². The average Bonchev–Trinajstić information content (AvgIpc) is 3.43. The molecule has 1 saturated heterocycles. The molecule has 3 heterocycles. The van der Waals surface area contributed by atoms with Crippen molar-refractivity contribution in [2.24, 2.45) is 10.8 Å². The van der Waals surface area contributed by atoms with E-state index in [9.17, 15) is 19.3 Å². The van der Waals surface area contributed by atoms with Crippen LogP contribution in [0.3, 0.4) is 0 Å². The second-order valence-electron chi connectivity index (χ2n) is 13.1. The van der Waals surface area contributed by atoms with E-state index in [1.807, 2.05) is 0 Å². The molecule has 4 atom stereocenters. The number of aliphatic hydroxyl groups excluding tert-OH is 1. The van der Waals surface area contributed by atoms with Crippen LogP contribution < -0.4 is 4.90 Å². The van der Waals surface area contributed by atoms with Gasteiger partial charge in [0.1, 0.15) is 18.0 Å². The van der Waals surface area contributed by atoms with Crippen molar-refractivity contribution in [2.45, 2.75) is 79.5 Å². The van der Waals surface area contributed by atoms with Crippen molar-refractivity contribution < 1.29 is 42.0 Å². The maximum Gasteiger partial charge on any atom is 0.474 e. The highest BCUT2D eigenvalue weighted by Gasteiger charge is 2.56. The molecule has 3 rings (SSSR count). The minimum atomic E-state index is -4.29. The molecular weight excluding hydrogens is 648 g/mol. The van der Waals surface area contributed by atoms with Gasteiger partial charge in [0.15, 0.2) is 39.1 Å². The zero-order chi connectivity index (χ0) is 34.0. The van der Waals surface area contributed by atoms with Gasteiger partial charge in [0.2, 0.25) is 0 Å². The molecule has 0 amide bonds. The first-order valence-corrected chi connectivity index (χ1v) is 17.9. The van der Waals surface area contributed by atoms with Crippen LogP contribution in [0.4, 0.5) is 10.2 Å². The Morgan fingerprint density at radius 3 is 2.09 bits per heavy atom. The lowest BCUT2D eigenvalue weighted by atomic mass is 9.98. The van der Waals surface area contributed by atoms with Gasteiger partial charge in [-0.1, -0.05) is 65.1 Å². The number of phosphoric ester groups is 1. The molecule has 0 unspecified atom stereocenters. The summed E-state index contributed by atoms with van der Waals surface area (Å²) in [6.45, 7) is 12.8. The Balaban J connectivity index is 1.74. The highest BCUT2D eigenvalue weighted by Crippen LogP contribution is 2.51. The molecule has 1 aliphatic rings. The number of carbonyl (C=O) groups excluding carboxylic acids is 2. The summed E-state index contributed by atoms with van der Waals surface area (Å²) < 4.78 is 53.6. The van der Waals surface area contributed by atoms with Crippen molar-refractivity contribution in [3.8, 4) is 0 Å². The summed E-state index contributed by atoms with van der Waals surface area (Å²) in [5, 5.41) is 10.8. The smallest absolute Gasteiger partial charge is 0.387 e. The number of aryl methyl sites for hydroxylation is 1. The average molecular weight is 694 g/mol. The molecule has 45 heavy (non-hydrogen) atoms. The van der Waals surface area contributed by atoms with Crippen LogP contribution >= 0.6 is 31.3 Å². The van der Waals surface area contributed by atoms with Crippen molar-refractivity contribution >= 4 is 58.6 Å². The van der Waals surface area contributed by atoms with E-state index in [1.54, 1.807) is 67.5 Å². The molecule has 0 spiro atoms. The molecule has 0 saturated carbocycles. The van der Waals surface area contributed by atoms with Gasteiger partial charge in [-0.15, -0.1) is 0 Å². The topological polar surface area (TPSA) is 155 Å². The number of thioether (sulfide) groups is 2. The van der Waals surface area contributed by atoms with E-state index in [-0.39, 0.29) is 35.0 Å². The number of phosphoric acid groups is 1. The number of fused-ring (bicyclic) bond motifs is 1. The number of ether oxygens (including phenoxy) is 1. The SMILES string of the molecule is Cc1nc(N(C)C)c2ncn([C@@H]3O[C@H](COP(=O)(OCCSC(=O)C(C)(C)C)OCCSC(=O)C(C)(C)C)[C@@H](O)[C@@]3(C)F)c2n1. The number of rotatable bonds is 13. The van der Waals surface area contributed by atoms with E-state index >= 15 is 4.39 Å². The van der Waals surface area contributed by atoms with Crippen molar-refractivity contribution in [2.75, 3.05) is 50.3 Å². The van der Waals surface area contributed by atoms with Crippen LogP contribution in [0.15, 0.2) is 6.33 Å². The molecule has 13 nitrogen and oxygen atoms in total.